The van der Waals surface area contributed by atoms with Crippen molar-refractivity contribution in [1.82, 2.24) is 9.62 Å². The van der Waals surface area contributed by atoms with Gasteiger partial charge in [-0.3, -0.25) is 0 Å². The fourth-order valence-electron chi connectivity index (χ4n) is 2.81. The van der Waals surface area contributed by atoms with Crippen LogP contribution in [0.1, 0.15) is 32.1 Å². The summed E-state index contributed by atoms with van der Waals surface area (Å²) in [4.78, 5) is 0. The zero-order valence-corrected chi connectivity index (χ0v) is 11.2. The molecule has 0 aromatic heterocycles. The Hall–Kier alpha value is -0.170. The van der Waals surface area contributed by atoms with E-state index in [-0.39, 0.29) is 11.8 Å². The van der Waals surface area contributed by atoms with Crippen molar-refractivity contribution in [1.29, 1.82) is 0 Å². The maximum Gasteiger partial charge on any atom is 0.216 e. The first-order chi connectivity index (χ1) is 7.94. The van der Waals surface area contributed by atoms with Crippen LogP contribution < -0.4 is 5.32 Å². The second-order valence-corrected chi connectivity index (χ2v) is 7.68. The first-order valence-electron chi connectivity index (χ1n) is 6.32. The van der Waals surface area contributed by atoms with Crippen LogP contribution in [0, 0.1) is 0 Å². The van der Waals surface area contributed by atoms with Crippen molar-refractivity contribution in [2.45, 2.75) is 43.0 Å². The highest BCUT2D eigenvalue weighted by Gasteiger charge is 2.38. The topological polar surface area (TPSA) is 69.6 Å². The van der Waals surface area contributed by atoms with Crippen molar-refractivity contribution in [2.75, 3.05) is 26.7 Å². The minimum atomic E-state index is -3.22. The molecular formula is C11H22N2O3S. The fourth-order valence-corrected chi connectivity index (χ4v) is 4.67. The van der Waals surface area contributed by atoms with Gasteiger partial charge in [0.1, 0.15) is 0 Å². The smallest absolute Gasteiger partial charge is 0.216 e. The Morgan fingerprint density at radius 1 is 1.41 bits per heavy atom. The van der Waals surface area contributed by atoms with Gasteiger partial charge < -0.3 is 10.4 Å². The molecule has 0 spiro atoms. The third kappa shape index (κ3) is 2.81. The van der Waals surface area contributed by atoms with E-state index in [1.165, 1.54) is 4.31 Å². The van der Waals surface area contributed by atoms with Gasteiger partial charge in [-0.25, -0.2) is 12.7 Å². The summed E-state index contributed by atoms with van der Waals surface area (Å²) in [7, 11) is -1.63. The van der Waals surface area contributed by atoms with Gasteiger partial charge >= 0.3 is 0 Å². The van der Waals surface area contributed by atoms with Crippen LogP contribution in [0.4, 0.5) is 0 Å². The second kappa shape index (κ2) is 4.84. The molecule has 1 heterocycles. The number of nitrogens with zero attached hydrogens (tertiary/aromatic N) is 1. The summed E-state index contributed by atoms with van der Waals surface area (Å²) in [5.41, 5.74) is -0.888. The molecule has 0 bridgehead atoms. The lowest BCUT2D eigenvalue weighted by Gasteiger charge is -2.29. The van der Waals surface area contributed by atoms with E-state index in [1.54, 1.807) is 7.05 Å². The molecule has 0 amide bonds. The summed E-state index contributed by atoms with van der Waals surface area (Å²) in [5.74, 6) is 0. The first-order valence-corrected chi connectivity index (χ1v) is 7.83. The predicted molar refractivity (Wildman–Crippen MR) is 66.2 cm³/mol. The van der Waals surface area contributed by atoms with E-state index in [0.29, 0.717) is 13.0 Å². The van der Waals surface area contributed by atoms with Crippen LogP contribution >= 0.6 is 0 Å². The molecule has 1 aliphatic heterocycles. The van der Waals surface area contributed by atoms with E-state index < -0.39 is 15.6 Å². The minimum absolute atomic E-state index is 0.207. The third-order valence-electron chi connectivity index (χ3n) is 3.90. The van der Waals surface area contributed by atoms with Crippen molar-refractivity contribution in [3.05, 3.63) is 0 Å². The minimum Gasteiger partial charge on any atom is -0.387 e. The summed E-state index contributed by atoms with van der Waals surface area (Å²) >= 11 is 0. The number of nitrogens with one attached hydrogen (secondary N) is 1. The molecule has 1 saturated heterocycles. The number of likely N-dealkylation sites (N-methyl/N-ethyl adjacent to an activating group) is 1. The van der Waals surface area contributed by atoms with E-state index in [4.69, 9.17) is 0 Å². The Kier molecular flexibility index (Phi) is 3.77. The number of rotatable bonds is 4. The maximum absolute atomic E-state index is 12.3. The molecule has 0 aromatic carbocycles. The molecule has 0 aromatic rings. The lowest BCUT2D eigenvalue weighted by atomic mass is 10.0. The number of β-amino-alcohol motifs (C(OH)–C–C–N with tert-alkyl or cyclic N) is 1. The Balaban J connectivity index is 2.01. The molecular weight excluding hydrogens is 240 g/mol. The highest BCUT2D eigenvalue weighted by molar-refractivity contribution is 7.89. The Bertz CT molecular complexity index is 357. The molecule has 2 fully saturated rings. The lowest BCUT2D eigenvalue weighted by molar-refractivity contribution is 0.0460. The van der Waals surface area contributed by atoms with Gasteiger partial charge in [-0.05, 0) is 25.8 Å². The van der Waals surface area contributed by atoms with Crippen LogP contribution in [0.3, 0.4) is 0 Å². The summed E-state index contributed by atoms with van der Waals surface area (Å²) in [6.45, 7) is 1.45. The normalized spacial score (nSPS) is 31.5. The van der Waals surface area contributed by atoms with Crippen molar-refractivity contribution >= 4 is 10.0 Å². The van der Waals surface area contributed by atoms with E-state index in [2.05, 4.69) is 5.32 Å². The van der Waals surface area contributed by atoms with E-state index in [1.807, 2.05) is 0 Å². The number of hydrogen-bond donors (Lipinski definition) is 2. The maximum atomic E-state index is 12.3. The average Bonchev–Trinajstić information content (AvgIpc) is 2.88. The number of hydrogen-bond acceptors (Lipinski definition) is 4. The summed E-state index contributed by atoms with van der Waals surface area (Å²) in [5, 5.41) is 13.0. The van der Waals surface area contributed by atoms with Crippen molar-refractivity contribution in [2.24, 2.45) is 0 Å². The molecule has 2 aliphatic rings. The Labute approximate surface area is 103 Å². The highest BCUT2D eigenvalue weighted by Crippen LogP contribution is 2.27. The number of aliphatic hydroxyl groups is 1. The predicted octanol–water partition coefficient (Wildman–Crippen LogP) is -0.0850. The quantitative estimate of drug-likeness (QED) is 0.743. The van der Waals surface area contributed by atoms with Gasteiger partial charge in [-0.2, -0.15) is 0 Å². The molecule has 2 N–H and O–H groups in total. The zero-order valence-electron chi connectivity index (χ0n) is 10.4. The van der Waals surface area contributed by atoms with Gasteiger partial charge in [-0.1, -0.05) is 12.8 Å². The van der Waals surface area contributed by atoms with Crippen molar-refractivity contribution in [3.63, 3.8) is 0 Å². The lowest BCUT2D eigenvalue weighted by Crippen LogP contribution is -2.47. The van der Waals surface area contributed by atoms with Gasteiger partial charge in [0.15, 0.2) is 0 Å². The van der Waals surface area contributed by atoms with Crippen LogP contribution in [0.5, 0.6) is 0 Å². The first kappa shape index (κ1) is 13.3. The Morgan fingerprint density at radius 2 is 2.06 bits per heavy atom. The van der Waals surface area contributed by atoms with Gasteiger partial charge in [0.05, 0.1) is 10.9 Å². The average molecular weight is 262 g/mol. The largest absolute Gasteiger partial charge is 0.387 e. The molecule has 100 valence electrons. The van der Waals surface area contributed by atoms with E-state index >= 15 is 0 Å². The van der Waals surface area contributed by atoms with Gasteiger partial charge in [0.2, 0.25) is 10.0 Å². The molecule has 2 rings (SSSR count). The summed E-state index contributed by atoms with van der Waals surface area (Å²) < 4.78 is 25.9. The Morgan fingerprint density at radius 3 is 2.59 bits per heavy atom. The molecule has 17 heavy (non-hydrogen) atoms. The second-order valence-electron chi connectivity index (χ2n) is 5.36. The highest BCUT2D eigenvalue weighted by atomic mass is 32.2. The van der Waals surface area contributed by atoms with Gasteiger partial charge in [-0.15, -0.1) is 0 Å². The molecule has 1 saturated carbocycles. The molecule has 1 unspecified atom stereocenters. The third-order valence-corrected chi connectivity index (χ3v) is 6.21. The van der Waals surface area contributed by atoms with Crippen LogP contribution in [-0.2, 0) is 10.0 Å². The summed E-state index contributed by atoms with van der Waals surface area (Å²) in [6, 6.07) is 0. The SMILES string of the molecule is CN(CC1(O)CCNC1)S(=O)(=O)C1CCCC1. The van der Waals surface area contributed by atoms with Crippen molar-refractivity contribution < 1.29 is 13.5 Å². The van der Waals surface area contributed by atoms with Crippen LogP contribution in [0.2, 0.25) is 0 Å². The van der Waals surface area contributed by atoms with Crippen LogP contribution in [0.15, 0.2) is 0 Å². The van der Waals surface area contributed by atoms with Crippen LogP contribution in [0.25, 0.3) is 0 Å². The van der Waals surface area contributed by atoms with Gasteiger partial charge in [0.25, 0.3) is 0 Å². The summed E-state index contributed by atoms with van der Waals surface area (Å²) in [6.07, 6.45) is 4.16. The number of sulfonamides is 1. The molecule has 1 atom stereocenters. The van der Waals surface area contributed by atoms with Crippen LogP contribution in [-0.4, -0.2) is 55.4 Å². The van der Waals surface area contributed by atoms with Crippen molar-refractivity contribution in [3.8, 4) is 0 Å². The molecule has 1 aliphatic carbocycles. The monoisotopic (exact) mass is 262 g/mol. The van der Waals surface area contributed by atoms with E-state index in [0.717, 1.165) is 32.2 Å². The van der Waals surface area contributed by atoms with E-state index in [9.17, 15) is 13.5 Å². The standard InChI is InChI=1S/C11H22N2O3S/c1-13(9-11(14)6-7-12-8-11)17(15,16)10-4-2-3-5-10/h10,12,14H,2-9H2,1H3. The zero-order chi connectivity index (χ0) is 12.5. The fraction of sp³-hybridized carbons (Fsp3) is 1.00. The molecule has 5 nitrogen and oxygen atoms in total. The molecule has 6 heteroatoms. The molecule has 0 radical (unpaired) electrons. The van der Waals surface area contributed by atoms with Gasteiger partial charge in [0, 0.05) is 20.1 Å².